The van der Waals surface area contributed by atoms with E-state index < -0.39 is 18.5 Å². The first-order chi connectivity index (χ1) is 11.7. The minimum atomic E-state index is -1.18. The standard InChI is InChI=1S/C16H24FN5O2/c1-2-3-4-5-6-18-15-14-16(20-9-19-15)22(10-21-14)13-7-11(17)12(8-23)24-13/h9-13,23H,2-8H2,1H3,(H,18,19,20)/t11-,12+,13?/m0/s1. The molecule has 0 bridgehead atoms. The Bertz CT molecular complexity index is 665. The van der Waals surface area contributed by atoms with Gasteiger partial charge >= 0.3 is 0 Å². The van der Waals surface area contributed by atoms with Crippen molar-refractivity contribution >= 4 is 17.0 Å². The second-order valence-corrected chi connectivity index (χ2v) is 6.10. The van der Waals surface area contributed by atoms with Crippen molar-refractivity contribution in [3.05, 3.63) is 12.7 Å². The number of fused-ring (bicyclic) bond motifs is 1. The summed E-state index contributed by atoms with van der Waals surface area (Å²) in [6.07, 6.45) is 5.46. The van der Waals surface area contributed by atoms with E-state index in [1.54, 1.807) is 10.9 Å². The fourth-order valence-corrected chi connectivity index (χ4v) is 2.97. The third-order valence-corrected chi connectivity index (χ3v) is 4.33. The smallest absolute Gasteiger partial charge is 0.167 e. The van der Waals surface area contributed by atoms with Gasteiger partial charge in [-0.25, -0.2) is 19.3 Å². The number of nitrogens with one attached hydrogen (secondary N) is 1. The lowest BCUT2D eigenvalue weighted by Crippen LogP contribution is -2.21. The van der Waals surface area contributed by atoms with E-state index in [9.17, 15) is 4.39 Å². The van der Waals surface area contributed by atoms with Crippen LogP contribution in [-0.2, 0) is 4.74 Å². The number of aromatic nitrogens is 4. The van der Waals surface area contributed by atoms with E-state index in [4.69, 9.17) is 9.84 Å². The van der Waals surface area contributed by atoms with E-state index in [2.05, 4.69) is 27.2 Å². The molecule has 0 aliphatic carbocycles. The number of rotatable bonds is 8. The summed E-state index contributed by atoms with van der Waals surface area (Å²) >= 11 is 0. The number of unbranched alkanes of at least 4 members (excludes halogenated alkanes) is 3. The van der Waals surface area contributed by atoms with Gasteiger partial charge in [0.2, 0.25) is 0 Å². The van der Waals surface area contributed by atoms with Gasteiger partial charge in [-0.1, -0.05) is 26.2 Å². The molecular weight excluding hydrogens is 313 g/mol. The quantitative estimate of drug-likeness (QED) is 0.720. The van der Waals surface area contributed by atoms with Gasteiger partial charge in [-0.15, -0.1) is 0 Å². The van der Waals surface area contributed by atoms with Crippen LogP contribution in [0.15, 0.2) is 12.7 Å². The second kappa shape index (κ2) is 7.85. The molecule has 3 heterocycles. The van der Waals surface area contributed by atoms with Crippen LogP contribution in [0.4, 0.5) is 10.2 Å². The first-order valence-electron chi connectivity index (χ1n) is 8.56. The molecule has 1 saturated heterocycles. The molecule has 1 fully saturated rings. The Hall–Kier alpha value is -1.80. The van der Waals surface area contributed by atoms with E-state index >= 15 is 0 Å². The Morgan fingerprint density at radius 2 is 2.21 bits per heavy atom. The second-order valence-electron chi connectivity index (χ2n) is 6.10. The van der Waals surface area contributed by atoms with E-state index in [0.717, 1.165) is 13.0 Å². The molecule has 132 valence electrons. The van der Waals surface area contributed by atoms with Gasteiger partial charge in [0.05, 0.1) is 12.9 Å². The zero-order valence-electron chi connectivity index (χ0n) is 13.9. The summed E-state index contributed by atoms with van der Waals surface area (Å²) in [6, 6.07) is 0. The number of anilines is 1. The Morgan fingerprint density at radius 1 is 1.33 bits per heavy atom. The van der Waals surface area contributed by atoms with Crippen molar-refractivity contribution in [2.75, 3.05) is 18.5 Å². The fraction of sp³-hybridized carbons (Fsp3) is 0.688. The molecule has 7 nitrogen and oxygen atoms in total. The number of nitrogens with zero attached hydrogens (tertiary/aromatic N) is 4. The zero-order valence-corrected chi connectivity index (χ0v) is 13.9. The molecule has 0 radical (unpaired) electrons. The maximum atomic E-state index is 13.8. The molecule has 0 saturated carbocycles. The van der Waals surface area contributed by atoms with Crippen molar-refractivity contribution in [1.29, 1.82) is 0 Å². The van der Waals surface area contributed by atoms with Crippen LogP contribution in [0.1, 0.15) is 45.3 Å². The summed E-state index contributed by atoms with van der Waals surface area (Å²) in [5, 5.41) is 12.4. The summed E-state index contributed by atoms with van der Waals surface area (Å²) in [7, 11) is 0. The Kier molecular flexibility index (Phi) is 5.57. The molecule has 1 unspecified atom stereocenters. The number of alkyl halides is 1. The van der Waals surface area contributed by atoms with Crippen LogP contribution in [0.3, 0.4) is 0 Å². The molecule has 24 heavy (non-hydrogen) atoms. The predicted molar refractivity (Wildman–Crippen MR) is 88.5 cm³/mol. The first kappa shape index (κ1) is 17.0. The maximum absolute atomic E-state index is 13.8. The zero-order chi connectivity index (χ0) is 16.9. The summed E-state index contributed by atoms with van der Waals surface area (Å²) in [5.41, 5.74) is 1.26. The van der Waals surface area contributed by atoms with Gasteiger partial charge in [-0.2, -0.15) is 0 Å². The van der Waals surface area contributed by atoms with Crippen molar-refractivity contribution in [3.63, 3.8) is 0 Å². The van der Waals surface area contributed by atoms with Gasteiger partial charge in [0.15, 0.2) is 17.0 Å². The summed E-state index contributed by atoms with van der Waals surface area (Å²) in [4.78, 5) is 12.9. The van der Waals surface area contributed by atoms with Crippen LogP contribution < -0.4 is 5.32 Å². The minimum absolute atomic E-state index is 0.181. The van der Waals surface area contributed by atoms with Crippen LogP contribution in [-0.4, -0.2) is 50.1 Å². The molecule has 0 spiro atoms. The Morgan fingerprint density at radius 3 is 2.96 bits per heavy atom. The highest BCUT2D eigenvalue weighted by atomic mass is 19.1. The van der Waals surface area contributed by atoms with Crippen molar-refractivity contribution in [3.8, 4) is 0 Å². The lowest BCUT2D eigenvalue weighted by Gasteiger charge is -2.13. The summed E-state index contributed by atoms with van der Waals surface area (Å²) < 4.78 is 21.1. The molecule has 8 heteroatoms. The molecule has 2 aromatic heterocycles. The Balaban J connectivity index is 1.72. The number of hydrogen-bond donors (Lipinski definition) is 2. The molecule has 1 aliphatic rings. The van der Waals surface area contributed by atoms with Gasteiger partial charge in [0.1, 0.15) is 24.8 Å². The summed E-state index contributed by atoms with van der Waals surface area (Å²) in [6.45, 7) is 2.68. The average molecular weight is 337 g/mol. The van der Waals surface area contributed by atoms with Crippen LogP contribution >= 0.6 is 0 Å². The van der Waals surface area contributed by atoms with E-state index in [0.29, 0.717) is 17.0 Å². The fourth-order valence-electron chi connectivity index (χ4n) is 2.97. The molecule has 0 aromatic carbocycles. The minimum Gasteiger partial charge on any atom is -0.394 e. The highest BCUT2D eigenvalue weighted by molar-refractivity contribution is 5.82. The summed E-state index contributed by atoms with van der Waals surface area (Å²) in [5.74, 6) is 0.684. The van der Waals surface area contributed by atoms with Gasteiger partial charge in [0, 0.05) is 13.0 Å². The number of aliphatic hydroxyl groups excluding tert-OH is 1. The molecule has 3 atom stereocenters. The van der Waals surface area contributed by atoms with Crippen molar-refractivity contribution in [2.45, 2.75) is 57.5 Å². The molecule has 3 rings (SSSR count). The highest BCUT2D eigenvalue weighted by Gasteiger charge is 2.36. The topological polar surface area (TPSA) is 85.1 Å². The molecule has 2 N–H and O–H groups in total. The molecule has 0 amide bonds. The number of halogens is 1. The monoisotopic (exact) mass is 337 g/mol. The van der Waals surface area contributed by atoms with Gasteiger partial charge < -0.3 is 15.2 Å². The normalized spacial score (nSPS) is 23.9. The van der Waals surface area contributed by atoms with Crippen molar-refractivity contribution in [1.82, 2.24) is 19.5 Å². The van der Waals surface area contributed by atoms with E-state index in [1.165, 1.54) is 25.6 Å². The third kappa shape index (κ3) is 3.49. The SMILES string of the molecule is CCCCCCNc1ncnc2c1ncn2C1C[C@H](F)[C@@H](CO)O1. The van der Waals surface area contributed by atoms with E-state index in [1.807, 2.05) is 0 Å². The van der Waals surface area contributed by atoms with Crippen LogP contribution in [0, 0.1) is 0 Å². The van der Waals surface area contributed by atoms with E-state index in [-0.39, 0.29) is 13.0 Å². The van der Waals surface area contributed by atoms with Crippen LogP contribution in [0.2, 0.25) is 0 Å². The molecule has 2 aromatic rings. The largest absolute Gasteiger partial charge is 0.394 e. The first-order valence-corrected chi connectivity index (χ1v) is 8.56. The lowest BCUT2D eigenvalue weighted by molar-refractivity contribution is -0.0323. The van der Waals surface area contributed by atoms with Crippen LogP contribution in [0.5, 0.6) is 0 Å². The predicted octanol–water partition coefficient (Wildman–Crippen LogP) is 2.44. The van der Waals surface area contributed by atoms with Crippen molar-refractivity contribution in [2.24, 2.45) is 0 Å². The van der Waals surface area contributed by atoms with Crippen LogP contribution in [0.25, 0.3) is 11.2 Å². The lowest BCUT2D eigenvalue weighted by atomic mass is 10.2. The van der Waals surface area contributed by atoms with Gasteiger partial charge in [-0.05, 0) is 6.42 Å². The van der Waals surface area contributed by atoms with Gasteiger partial charge in [0.25, 0.3) is 0 Å². The maximum Gasteiger partial charge on any atom is 0.167 e. The number of ether oxygens (including phenoxy) is 1. The Labute approximate surface area is 140 Å². The third-order valence-electron chi connectivity index (χ3n) is 4.33. The average Bonchev–Trinajstić information content (AvgIpc) is 3.18. The molecular formula is C16H24FN5O2. The highest BCUT2D eigenvalue weighted by Crippen LogP contribution is 2.33. The number of aliphatic hydroxyl groups is 1. The number of imidazole rings is 1. The molecule has 1 aliphatic heterocycles. The van der Waals surface area contributed by atoms with Crippen molar-refractivity contribution < 1.29 is 14.2 Å². The number of hydrogen-bond acceptors (Lipinski definition) is 6. The van der Waals surface area contributed by atoms with Gasteiger partial charge in [-0.3, -0.25) is 4.57 Å².